The van der Waals surface area contributed by atoms with Gasteiger partial charge >= 0.3 is 5.97 Å². The molecule has 2 aromatic rings. The van der Waals surface area contributed by atoms with Crippen molar-refractivity contribution in [3.8, 4) is 0 Å². The molecule has 1 aromatic carbocycles. The Kier molecular flexibility index (Phi) is 6.58. The number of carbonyl (C=O) groups excluding carboxylic acids is 3. The van der Waals surface area contributed by atoms with Gasteiger partial charge in [0.15, 0.2) is 5.13 Å². The van der Waals surface area contributed by atoms with Crippen LogP contribution >= 0.6 is 11.3 Å². The van der Waals surface area contributed by atoms with Crippen molar-refractivity contribution < 1.29 is 23.5 Å². The predicted molar refractivity (Wildman–Crippen MR) is 106 cm³/mol. The van der Waals surface area contributed by atoms with Gasteiger partial charge in [-0.1, -0.05) is 12.1 Å². The topological polar surface area (TPSA) is 79.8 Å². The zero-order chi connectivity index (χ0) is 21.0. The number of para-hydroxylation sites is 1. The minimum atomic E-state index is -0.525. The lowest BCUT2D eigenvalue weighted by Crippen LogP contribution is -2.39. The fourth-order valence-corrected chi connectivity index (χ4v) is 4.06. The van der Waals surface area contributed by atoms with Crippen molar-refractivity contribution in [3.05, 3.63) is 41.2 Å². The van der Waals surface area contributed by atoms with Crippen molar-refractivity contribution in [2.24, 2.45) is 5.92 Å². The molecule has 1 aliphatic heterocycles. The van der Waals surface area contributed by atoms with Crippen molar-refractivity contribution in [2.75, 3.05) is 18.0 Å². The van der Waals surface area contributed by atoms with Gasteiger partial charge in [-0.05, 0) is 25.0 Å². The van der Waals surface area contributed by atoms with Crippen molar-refractivity contribution in [1.29, 1.82) is 0 Å². The van der Waals surface area contributed by atoms with E-state index in [1.165, 1.54) is 42.2 Å². The largest absolute Gasteiger partial charge is 0.459 e. The van der Waals surface area contributed by atoms with Crippen LogP contribution in [0.5, 0.6) is 0 Å². The van der Waals surface area contributed by atoms with Crippen LogP contribution in [0.1, 0.15) is 32.4 Å². The van der Waals surface area contributed by atoms with E-state index in [0.717, 1.165) is 0 Å². The summed E-state index contributed by atoms with van der Waals surface area (Å²) in [6, 6.07) is 5.97. The zero-order valence-corrected chi connectivity index (χ0v) is 17.1. The Morgan fingerprint density at radius 1 is 1.24 bits per heavy atom. The number of amides is 2. The van der Waals surface area contributed by atoms with E-state index < -0.39 is 5.82 Å². The second-order valence-corrected chi connectivity index (χ2v) is 7.65. The Hall–Kier alpha value is -2.81. The molecule has 0 N–H and O–H groups in total. The average Bonchev–Trinajstić information content (AvgIpc) is 3.16. The lowest BCUT2D eigenvalue weighted by Gasteiger charge is -2.29. The number of aromatic nitrogens is 1. The number of ether oxygens (including phenoxy) is 1. The number of thiazole rings is 1. The SMILES string of the molecule is CC(=O)N1CCC(C(=O)OCc2csc(N(C(C)=O)c3ccccc3F)n2)CC1. The highest BCUT2D eigenvalue weighted by atomic mass is 32.1. The van der Waals surface area contributed by atoms with E-state index in [0.29, 0.717) is 36.8 Å². The molecule has 9 heteroatoms. The highest BCUT2D eigenvalue weighted by Gasteiger charge is 2.27. The number of halogens is 1. The molecule has 29 heavy (non-hydrogen) atoms. The summed E-state index contributed by atoms with van der Waals surface area (Å²) in [6.45, 7) is 3.93. The third-order valence-electron chi connectivity index (χ3n) is 4.78. The number of carbonyl (C=O) groups is 3. The van der Waals surface area contributed by atoms with Gasteiger partial charge in [-0.25, -0.2) is 9.37 Å². The first-order valence-electron chi connectivity index (χ1n) is 9.28. The molecule has 0 radical (unpaired) electrons. The molecular formula is C20H22FN3O4S. The smallest absolute Gasteiger partial charge is 0.309 e. The minimum absolute atomic E-state index is 0.0108. The van der Waals surface area contributed by atoms with E-state index in [1.54, 1.807) is 22.4 Å². The van der Waals surface area contributed by atoms with Gasteiger partial charge in [-0.3, -0.25) is 19.3 Å². The third kappa shape index (κ3) is 4.97. The molecule has 0 bridgehead atoms. The number of benzene rings is 1. The van der Waals surface area contributed by atoms with Crippen molar-refractivity contribution in [3.63, 3.8) is 0 Å². The molecule has 7 nitrogen and oxygen atoms in total. The lowest BCUT2D eigenvalue weighted by atomic mass is 9.97. The van der Waals surface area contributed by atoms with Crippen molar-refractivity contribution >= 4 is 39.9 Å². The van der Waals surface area contributed by atoms with E-state index in [4.69, 9.17) is 4.74 Å². The second-order valence-electron chi connectivity index (χ2n) is 6.82. The third-order valence-corrected chi connectivity index (χ3v) is 5.65. The molecule has 0 spiro atoms. The van der Waals surface area contributed by atoms with Crippen LogP contribution in [-0.4, -0.2) is 40.8 Å². The first-order valence-corrected chi connectivity index (χ1v) is 10.2. The fourth-order valence-electron chi connectivity index (χ4n) is 3.20. The summed E-state index contributed by atoms with van der Waals surface area (Å²) in [5.74, 6) is -1.44. The summed E-state index contributed by atoms with van der Waals surface area (Å²) in [4.78, 5) is 43.0. The minimum Gasteiger partial charge on any atom is -0.459 e. The fraction of sp³-hybridized carbons (Fsp3) is 0.400. The lowest BCUT2D eigenvalue weighted by molar-refractivity contribution is -0.152. The zero-order valence-electron chi connectivity index (χ0n) is 16.3. The molecule has 2 heterocycles. The van der Waals surface area contributed by atoms with Crippen LogP contribution in [0.3, 0.4) is 0 Å². The standard InChI is InChI=1S/C20H22FN3O4S/c1-13(25)23-9-7-15(8-10-23)19(27)28-11-16-12-29-20(22-16)24(14(2)26)18-6-4-3-5-17(18)21/h3-6,12,15H,7-11H2,1-2H3. The number of likely N-dealkylation sites (tertiary alicyclic amines) is 1. The molecule has 1 aliphatic rings. The first kappa shape index (κ1) is 20.9. The quantitative estimate of drug-likeness (QED) is 0.695. The molecule has 2 amide bonds. The number of hydrogen-bond donors (Lipinski definition) is 0. The Morgan fingerprint density at radius 2 is 1.93 bits per heavy atom. The van der Waals surface area contributed by atoms with Gasteiger partial charge < -0.3 is 9.64 Å². The number of nitrogens with zero attached hydrogens (tertiary/aromatic N) is 3. The summed E-state index contributed by atoms with van der Waals surface area (Å²) in [5, 5.41) is 1.99. The molecule has 0 unspecified atom stereocenters. The van der Waals surface area contributed by atoms with Crippen LogP contribution in [0.2, 0.25) is 0 Å². The number of esters is 1. The summed E-state index contributed by atoms with van der Waals surface area (Å²) in [6.07, 6.45) is 1.15. The maximum Gasteiger partial charge on any atom is 0.309 e. The molecule has 154 valence electrons. The highest BCUT2D eigenvalue weighted by Crippen LogP contribution is 2.31. The predicted octanol–water partition coefficient (Wildman–Crippen LogP) is 3.27. The van der Waals surface area contributed by atoms with E-state index in [1.807, 2.05) is 0 Å². The first-order chi connectivity index (χ1) is 13.9. The Bertz CT molecular complexity index is 909. The number of hydrogen-bond acceptors (Lipinski definition) is 6. The Morgan fingerprint density at radius 3 is 2.55 bits per heavy atom. The van der Waals surface area contributed by atoms with Gasteiger partial charge in [0.05, 0.1) is 17.3 Å². The van der Waals surface area contributed by atoms with Crippen molar-refractivity contribution in [2.45, 2.75) is 33.3 Å². The maximum atomic E-state index is 14.1. The maximum absolute atomic E-state index is 14.1. The number of rotatable bonds is 5. The van der Waals surface area contributed by atoms with E-state index >= 15 is 0 Å². The highest BCUT2D eigenvalue weighted by molar-refractivity contribution is 7.14. The van der Waals surface area contributed by atoms with Gasteiger partial charge in [0.2, 0.25) is 11.8 Å². The summed E-state index contributed by atoms with van der Waals surface area (Å²) >= 11 is 1.17. The van der Waals surface area contributed by atoms with Crippen molar-refractivity contribution in [1.82, 2.24) is 9.88 Å². The van der Waals surface area contributed by atoms with E-state index in [9.17, 15) is 18.8 Å². The van der Waals surface area contributed by atoms with Gasteiger partial charge in [-0.15, -0.1) is 11.3 Å². The average molecular weight is 419 g/mol. The monoisotopic (exact) mass is 419 g/mol. The summed E-state index contributed by atoms with van der Waals surface area (Å²) < 4.78 is 19.5. The normalized spacial score (nSPS) is 14.5. The molecule has 0 aliphatic carbocycles. The molecule has 1 saturated heterocycles. The molecule has 0 saturated carbocycles. The molecule has 1 aromatic heterocycles. The Balaban J connectivity index is 1.61. The second kappa shape index (κ2) is 9.13. The van der Waals surface area contributed by atoms with Gasteiger partial charge in [0, 0.05) is 32.3 Å². The van der Waals surface area contributed by atoms with E-state index in [2.05, 4.69) is 4.98 Å². The summed E-state index contributed by atoms with van der Waals surface area (Å²) in [7, 11) is 0. The summed E-state index contributed by atoms with van der Waals surface area (Å²) in [5.41, 5.74) is 0.609. The van der Waals surface area contributed by atoms with Crippen LogP contribution in [0, 0.1) is 11.7 Å². The van der Waals surface area contributed by atoms with Crippen LogP contribution < -0.4 is 4.90 Å². The van der Waals surface area contributed by atoms with E-state index in [-0.39, 0.29) is 36.0 Å². The van der Waals surface area contributed by atoms with Crippen LogP contribution in [-0.2, 0) is 25.7 Å². The number of anilines is 2. The number of piperidine rings is 1. The van der Waals surface area contributed by atoms with Gasteiger partial charge in [-0.2, -0.15) is 0 Å². The molecule has 3 rings (SSSR count). The van der Waals surface area contributed by atoms with Crippen LogP contribution in [0.15, 0.2) is 29.6 Å². The van der Waals surface area contributed by atoms with Gasteiger partial charge in [0.1, 0.15) is 12.4 Å². The molecular weight excluding hydrogens is 397 g/mol. The van der Waals surface area contributed by atoms with Crippen LogP contribution in [0.25, 0.3) is 0 Å². The Labute approximate surface area is 172 Å². The molecule has 0 atom stereocenters. The van der Waals surface area contributed by atoms with Crippen LogP contribution in [0.4, 0.5) is 15.2 Å². The van der Waals surface area contributed by atoms with Gasteiger partial charge in [0.25, 0.3) is 0 Å². The molecule has 1 fully saturated rings.